The van der Waals surface area contributed by atoms with Crippen LogP contribution in [0.25, 0.3) is 0 Å². The van der Waals surface area contributed by atoms with Crippen molar-refractivity contribution in [3.8, 4) is 11.6 Å². The molecule has 1 aliphatic carbocycles. The molecular formula is C21H21FN2O4. The maximum Gasteiger partial charge on any atom is 0.268 e. The SMILES string of the molecule is CC(C)Oc1ccc(O[C@H]2CCN(c3cc(F)c4c(c3)C(=O)CC4)C2=O)cn1. The summed E-state index contributed by atoms with van der Waals surface area (Å²) in [6, 6.07) is 6.34. The molecule has 0 N–H and O–H groups in total. The lowest BCUT2D eigenvalue weighted by Crippen LogP contribution is -2.32. The first-order valence-corrected chi connectivity index (χ1v) is 9.38. The van der Waals surface area contributed by atoms with Gasteiger partial charge in [-0.2, -0.15) is 0 Å². The normalized spacial score (nSPS) is 18.7. The summed E-state index contributed by atoms with van der Waals surface area (Å²) in [5.41, 5.74) is 1.24. The Morgan fingerprint density at radius 3 is 2.75 bits per heavy atom. The summed E-state index contributed by atoms with van der Waals surface area (Å²) in [6.07, 6.45) is 2.06. The molecule has 0 spiro atoms. The lowest BCUT2D eigenvalue weighted by molar-refractivity contribution is -0.122. The number of hydrogen-bond acceptors (Lipinski definition) is 5. The summed E-state index contributed by atoms with van der Waals surface area (Å²) in [6.45, 7) is 4.22. The number of amides is 1. The fraction of sp³-hybridized carbons (Fsp3) is 0.381. The zero-order chi connectivity index (χ0) is 19.8. The Labute approximate surface area is 162 Å². The quantitative estimate of drug-likeness (QED) is 0.791. The predicted molar refractivity (Wildman–Crippen MR) is 100 cm³/mol. The molecule has 0 radical (unpaired) electrons. The highest BCUT2D eigenvalue weighted by molar-refractivity contribution is 6.04. The van der Waals surface area contributed by atoms with E-state index in [9.17, 15) is 14.0 Å². The van der Waals surface area contributed by atoms with E-state index in [0.29, 0.717) is 54.3 Å². The average Bonchev–Trinajstić information content (AvgIpc) is 3.20. The molecule has 7 heteroatoms. The average molecular weight is 384 g/mol. The van der Waals surface area contributed by atoms with Gasteiger partial charge in [-0.1, -0.05) is 0 Å². The van der Waals surface area contributed by atoms with Gasteiger partial charge in [-0.05, 0) is 44.0 Å². The van der Waals surface area contributed by atoms with Crippen molar-refractivity contribution in [1.82, 2.24) is 4.98 Å². The largest absolute Gasteiger partial charge is 0.479 e. The maximum absolute atomic E-state index is 14.3. The topological polar surface area (TPSA) is 68.7 Å². The first-order chi connectivity index (χ1) is 13.4. The van der Waals surface area contributed by atoms with Crippen molar-refractivity contribution in [3.63, 3.8) is 0 Å². The van der Waals surface area contributed by atoms with E-state index in [1.165, 1.54) is 17.2 Å². The molecule has 0 saturated carbocycles. The second-order valence-corrected chi connectivity index (χ2v) is 7.26. The molecule has 1 atom stereocenters. The molecule has 1 amide bonds. The fourth-order valence-electron chi connectivity index (χ4n) is 3.59. The number of carbonyl (C=O) groups excluding carboxylic acids is 2. The number of Topliss-reactive ketones (excluding diaryl/α,β-unsaturated/α-hetero) is 1. The molecule has 4 rings (SSSR count). The maximum atomic E-state index is 14.3. The van der Waals surface area contributed by atoms with Crippen LogP contribution in [0.4, 0.5) is 10.1 Å². The number of carbonyl (C=O) groups is 2. The molecule has 146 valence electrons. The predicted octanol–water partition coefficient (Wildman–Crippen LogP) is 3.32. The number of benzene rings is 1. The molecule has 2 heterocycles. The lowest BCUT2D eigenvalue weighted by Gasteiger charge is -2.18. The Morgan fingerprint density at radius 1 is 1.21 bits per heavy atom. The molecule has 1 aromatic carbocycles. The first kappa shape index (κ1) is 18.4. The van der Waals surface area contributed by atoms with Gasteiger partial charge < -0.3 is 14.4 Å². The standard InChI is InChI=1S/C21H21FN2O4/c1-12(2)27-20-6-3-14(11-23-20)28-19-7-8-24(21(19)26)13-9-16-15(17(22)10-13)4-5-18(16)25/h3,6,9-12,19H,4-5,7-8H2,1-2H3/t19-/m0/s1. The molecule has 0 unspecified atom stereocenters. The Hall–Kier alpha value is -2.96. The highest BCUT2D eigenvalue weighted by atomic mass is 19.1. The third kappa shape index (κ3) is 3.44. The van der Waals surface area contributed by atoms with Gasteiger partial charge in [0.05, 0.1) is 12.3 Å². The number of nitrogens with zero attached hydrogens (tertiary/aromatic N) is 2. The van der Waals surface area contributed by atoms with E-state index >= 15 is 0 Å². The summed E-state index contributed by atoms with van der Waals surface area (Å²) >= 11 is 0. The van der Waals surface area contributed by atoms with E-state index in [2.05, 4.69) is 4.98 Å². The number of pyridine rings is 1. The second-order valence-electron chi connectivity index (χ2n) is 7.26. The van der Waals surface area contributed by atoms with E-state index in [-0.39, 0.29) is 17.8 Å². The van der Waals surface area contributed by atoms with Gasteiger partial charge in [-0.15, -0.1) is 0 Å². The number of ether oxygens (including phenoxy) is 2. The number of hydrogen-bond donors (Lipinski definition) is 0. The number of rotatable bonds is 5. The highest BCUT2D eigenvalue weighted by Crippen LogP contribution is 2.32. The molecule has 0 bridgehead atoms. The summed E-state index contributed by atoms with van der Waals surface area (Å²) in [7, 11) is 0. The van der Waals surface area contributed by atoms with E-state index in [4.69, 9.17) is 9.47 Å². The smallest absolute Gasteiger partial charge is 0.268 e. The minimum absolute atomic E-state index is 0.0174. The Bertz CT molecular complexity index is 927. The molecule has 28 heavy (non-hydrogen) atoms. The Kier molecular flexibility index (Phi) is 4.75. The number of anilines is 1. The van der Waals surface area contributed by atoms with Crippen LogP contribution in [0.2, 0.25) is 0 Å². The zero-order valence-electron chi connectivity index (χ0n) is 15.8. The molecule has 2 aliphatic rings. The second kappa shape index (κ2) is 7.22. The van der Waals surface area contributed by atoms with Crippen LogP contribution in [0.3, 0.4) is 0 Å². The molecule has 1 aliphatic heterocycles. The monoisotopic (exact) mass is 384 g/mol. The summed E-state index contributed by atoms with van der Waals surface area (Å²) in [5.74, 6) is 0.185. The summed E-state index contributed by atoms with van der Waals surface area (Å²) in [4.78, 5) is 30.4. The molecule has 1 saturated heterocycles. The van der Waals surface area contributed by atoms with Gasteiger partial charge in [0.15, 0.2) is 11.9 Å². The van der Waals surface area contributed by atoms with Gasteiger partial charge in [-0.25, -0.2) is 9.37 Å². The van der Waals surface area contributed by atoms with Crippen molar-refractivity contribution in [2.75, 3.05) is 11.4 Å². The minimum Gasteiger partial charge on any atom is -0.479 e. The van der Waals surface area contributed by atoms with Crippen LogP contribution in [0.15, 0.2) is 30.5 Å². The zero-order valence-corrected chi connectivity index (χ0v) is 15.8. The van der Waals surface area contributed by atoms with Gasteiger partial charge in [0.25, 0.3) is 5.91 Å². The first-order valence-electron chi connectivity index (χ1n) is 9.38. The third-order valence-electron chi connectivity index (χ3n) is 4.89. The van der Waals surface area contributed by atoms with Crippen molar-refractivity contribution in [3.05, 3.63) is 47.4 Å². The van der Waals surface area contributed by atoms with Crippen molar-refractivity contribution in [2.45, 2.75) is 45.3 Å². The minimum atomic E-state index is -0.675. The van der Waals surface area contributed by atoms with E-state index in [1.54, 1.807) is 18.2 Å². The number of halogens is 1. The highest BCUT2D eigenvalue weighted by Gasteiger charge is 2.36. The molecule has 1 aromatic heterocycles. The van der Waals surface area contributed by atoms with Crippen LogP contribution in [0.5, 0.6) is 11.6 Å². The third-order valence-corrected chi connectivity index (χ3v) is 4.89. The van der Waals surface area contributed by atoms with Crippen LogP contribution in [-0.4, -0.2) is 35.4 Å². The van der Waals surface area contributed by atoms with Gasteiger partial charge in [-0.3, -0.25) is 9.59 Å². The van der Waals surface area contributed by atoms with E-state index in [0.717, 1.165) is 0 Å². The Morgan fingerprint density at radius 2 is 2.04 bits per heavy atom. The van der Waals surface area contributed by atoms with Crippen LogP contribution < -0.4 is 14.4 Å². The Balaban J connectivity index is 1.48. The van der Waals surface area contributed by atoms with Crippen LogP contribution >= 0.6 is 0 Å². The number of ketones is 1. The number of aromatic nitrogens is 1. The number of fused-ring (bicyclic) bond motifs is 1. The molecular weight excluding hydrogens is 363 g/mol. The van der Waals surface area contributed by atoms with Crippen molar-refractivity contribution >= 4 is 17.4 Å². The molecule has 6 nitrogen and oxygen atoms in total. The van der Waals surface area contributed by atoms with E-state index < -0.39 is 11.9 Å². The van der Waals surface area contributed by atoms with Gasteiger partial charge >= 0.3 is 0 Å². The van der Waals surface area contributed by atoms with Crippen LogP contribution in [0.1, 0.15) is 42.6 Å². The van der Waals surface area contributed by atoms with Gasteiger partial charge in [0.2, 0.25) is 5.88 Å². The van der Waals surface area contributed by atoms with Gasteiger partial charge in [0, 0.05) is 36.7 Å². The molecule has 2 aromatic rings. The summed E-state index contributed by atoms with van der Waals surface area (Å²) < 4.78 is 25.6. The molecule has 1 fully saturated rings. The fourth-order valence-corrected chi connectivity index (χ4v) is 3.59. The van der Waals surface area contributed by atoms with Crippen LogP contribution in [-0.2, 0) is 11.2 Å². The van der Waals surface area contributed by atoms with Crippen molar-refractivity contribution in [2.24, 2.45) is 0 Å². The van der Waals surface area contributed by atoms with E-state index in [1.807, 2.05) is 13.8 Å². The van der Waals surface area contributed by atoms with Crippen molar-refractivity contribution < 1.29 is 23.5 Å². The summed E-state index contributed by atoms with van der Waals surface area (Å²) in [5, 5.41) is 0. The lowest BCUT2D eigenvalue weighted by atomic mass is 10.1. The van der Waals surface area contributed by atoms with Crippen LogP contribution in [0, 0.1) is 5.82 Å². The van der Waals surface area contributed by atoms with Gasteiger partial charge in [0.1, 0.15) is 11.6 Å². The van der Waals surface area contributed by atoms with Crippen molar-refractivity contribution in [1.29, 1.82) is 0 Å².